The molecule has 4 amide bonds. The van der Waals surface area contributed by atoms with E-state index in [-0.39, 0.29) is 24.9 Å². The third-order valence-corrected chi connectivity index (χ3v) is 9.82. The molecule has 0 fully saturated rings. The van der Waals surface area contributed by atoms with Gasteiger partial charge in [-0.2, -0.15) is 0 Å². The third kappa shape index (κ3) is 7.90. The van der Waals surface area contributed by atoms with Gasteiger partial charge in [-0.15, -0.1) is 0 Å². The van der Waals surface area contributed by atoms with E-state index in [0.717, 1.165) is 61.9 Å². The van der Waals surface area contributed by atoms with Gasteiger partial charge in [-0.3, -0.25) is 14.4 Å². The molecule has 1 unspecified atom stereocenters. The zero-order valence-corrected chi connectivity index (χ0v) is 31.6. The molecule has 0 aliphatic carbocycles. The van der Waals surface area contributed by atoms with Crippen molar-refractivity contribution in [1.82, 2.24) is 40.4 Å². The average Bonchev–Trinajstić information content (AvgIpc) is 3.88. The van der Waals surface area contributed by atoms with Gasteiger partial charge in [-0.1, -0.05) is 62.4 Å². The van der Waals surface area contributed by atoms with Crippen LogP contribution in [-0.4, -0.2) is 80.8 Å². The number of carbonyl (C=O) groups excluding carboxylic acids is 4. The number of H-pyrrole nitrogens is 2. The van der Waals surface area contributed by atoms with Crippen LogP contribution in [-0.2, 0) is 38.8 Å². The monoisotopic (exact) mass is 756 g/mol. The van der Waals surface area contributed by atoms with Gasteiger partial charge in [-0.05, 0) is 59.2 Å². The average molecular weight is 757 g/mol. The van der Waals surface area contributed by atoms with E-state index in [1.54, 1.807) is 21.9 Å². The maximum atomic E-state index is 14.0. The molecule has 3 heterocycles. The summed E-state index contributed by atoms with van der Waals surface area (Å²) in [5, 5.41) is 7.10. The number of hydrogen-bond acceptors (Lipinski definition) is 8. The highest BCUT2D eigenvalue weighted by molar-refractivity contribution is 6.07. The van der Waals surface area contributed by atoms with E-state index in [1.807, 2.05) is 62.5 Å². The summed E-state index contributed by atoms with van der Waals surface area (Å²) in [6.45, 7) is 5.87. The van der Waals surface area contributed by atoms with Crippen LogP contribution in [0.3, 0.4) is 0 Å². The molecule has 1 aliphatic rings. The predicted molar refractivity (Wildman–Crippen MR) is 211 cm³/mol. The number of aromatic amines is 2. The molecule has 288 valence electrons. The highest BCUT2D eigenvalue weighted by atomic mass is 16.5. The fraction of sp³-hybridized carbons (Fsp3) is 0.286. The van der Waals surface area contributed by atoms with Crippen LogP contribution in [0.5, 0.6) is 5.75 Å². The van der Waals surface area contributed by atoms with Crippen molar-refractivity contribution in [3.63, 3.8) is 0 Å². The van der Waals surface area contributed by atoms with Gasteiger partial charge in [0.05, 0.1) is 43.5 Å². The van der Waals surface area contributed by atoms with Crippen LogP contribution in [0.25, 0.3) is 44.2 Å². The fourth-order valence-corrected chi connectivity index (χ4v) is 7.16. The van der Waals surface area contributed by atoms with Gasteiger partial charge in [0.1, 0.15) is 30.0 Å². The smallest absolute Gasteiger partial charge is 0.407 e. The molecule has 0 radical (unpaired) electrons. The minimum absolute atomic E-state index is 0.0543. The summed E-state index contributed by atoms with van der Waals surface area (Å²) in [6, 6.07) is 22.6. The number of methoxy groups -OCH3 is 1. The number of rotatable bonds is 15. The second-order valence-corrected chi connectivity index (χ2v) is 13.7. The van der Waals surface area contributed by atoms with Crippen molar-refractivity contribution in [2.45, 2.75) is 52.4 Å². The van der Waals surface area contributed by atoms with Crippen molar-refractivity contribution < 1.29 is 28.7 Å². The third-order valence-electron chi connectivity index (χ3n) is 9.82. The maximum absolute atomic E-state index is 14.0. The van der Waals surface area contributed by atoms with Gasteiger partial charge < -0.3 is 39.9 Å². The Kier molecular flexibility index (Phi) is 11.3. The maximum Gasteiger partial charge on any atom is 0.407 e. The zero-order chi connectivity index (χ0) is 39.2. The van der Waals surface area contributed by atoms with Crippen LogP contribution < -0.4 is 15.4 Å². The highest BCUT2D eigenvalue weighted by Crippen LogP contribution is 2.42. The number of amides is 4. The number of aromatic nitrogens is 4. The molecule has 0 bridgehead atoms. The Labute approximate surface area is 323 Å². The molecule has 6 aromatic rings. The van der Waals surface area contributed by atoms with Crippen LogP contribution in [0.1, 0.15) is 55.5 Å². The van der Waals surface area contributed by atoms with Gasteiger partial charge in [-0.25, -0.2) is 14.8 Å². The number of benzene rings is 4. The van der Waals surface area contributed by atoms with Crippen LogP contribution in [0, 0.1) is 0 Å². The lowest BCUT2D eigenvalue weighted by Crippen LogP contribution is -2.43. The summed E-state index contributed by atoms with van der Waals surface area (Å²) in [5.74, 6) is 1.61. The molecule has 0 saturated carbocycles. The fourth-order valence-electron chi connectivity index (χ4n) is 7.16. The van der Waals surface area contributed by atoms with E-state index >= 15 is 0 Å². The number of nitrogens with one attached hydrogen (secondary N) is 4. The first kappa shape index (κ1) is 37.6. The molecule has 2 aromatic heterocycles. The summed E-state index contributed by atoms with van der Waals surface area (Å²) in [7, 11) is 1.27. The summed E-state index contributed by atoms with van der Waals surface area (Å²) in [6.07, 6.45) is 3.17. The molecule has 0 spiro atoms. The molecule has 1 aliphatic heterocycles. The van der Waals surface area contributed by atoms with Crippen molar-refractivity contribution in [1.29, 1.82) is 0 Å². The Morgan fingerprint density at radius 3 is 2.48 bits per heavy atom. The first-order chi connectivity index (χ1) is 27.3. The zero-order valence-electron chi connectivity index (χ0n) is 31.6. The Hall–Kier alpha value is -6.70. The van der Waals surface area contributed by atoms with E-state index in [4.69, 9.17) is 19.4 Å². The van der Waals surface area contributed by atoms with Crippen LogP contribution >= 0.6 is 0 Å². The molecular formula is C42H44N8O6. The largest absolute Gasteiger partial charge is 0.488 e. The van der Waals surface area contributed by atoms with Crippen LogP contribution in [0.4, 0.5) is 4.79 Å². The first-order valence-corrected chi connectivity index (χ1v) is 18.7. The number of nitrogens with zero attached hydrogens (tertiary/aromatic N) is 4. The van der Waals surface area contributed by atoms with Crippen molar-refractivity contribution in [2.24, 2.45) is 0 Å². The lowest BCUT2D eigenvalue weighted by Gasteiger charge is -2.27. The molecule has 14 nitrogen and oxygen atoms in total. The predicted octanol–water partition coefficient (Wildman–Crippen LogP) is 5.99. The number of ether oxygens (including phenoxy) is 2. The summed E-state index contributed by atoms with van der Waals surface area (Å²) in [4.78, 5) is 69.2. The quantitative estimate of drug-likeness (QED) is 0.0926. The Morgan fingerprint density at radius 2 is 1.71 bits per heavy atom. The summed E-state index contributed by atoms with van der Waals surface area (Å²) in [5.41, 5.74) is 7.03. The Bertz CT molecular complexity index is 2390. The SMILES string of the molecule is CCCN(Cc1nc(-c2ccc3c(c2)COc2cc4c(ccc5nc(CN(CCC)C(=O)C(NC(=O)OC)c6ccccc6)[nH]c54)cc2-3)c[nH]1)C(=O)CNC=O. The number of fused-ring (bicyclic) bond motifs is 6. The standard InChI is InChI=1S/C42H44N8O6/c1-4-15-49(38(52)21-43-25-51)22-36-44-20-34(46-36)28-11-13-30-29(17-28)24-56-35-19-31-27(18-32(30)35)12-14-33-40(31)47-37(45-33)23-50(16-5-2)41(53)39(48-42(54)55-3)26-9-7-6-8-10-26/h6-14,17-20,25,39H,4-5,15-16,21-24H2,1-3H3,(H,43,51)(H,44,46)(H,45,47)(H,48,54). The molecule has 56 heavy (non-hydrogen) atoms. The van der Waals surface area contributed by atoms with Gasteiger partial charge in [0.15, 0.2) is 0 Å². The topological polar surface area (TPSA) is 175 Å². The van der Waals surface area contributed by atoms with Gasteiger partial charge in [0.2, 0.25) is 18.2 Å². The molecule has 1 atom stereocenters. The van der Waals surface area contributed by atoms with Gasteiger partial charge in [0, 0.05) is 35.8 Å². The second-order valence-electron chi connectivity index (χ2n) is 13.7. The molecular weight excluding hydrogens is 713 g/mol. The van der Waals surface area contributed by atoms with E-state index in [2.05, 4.69) is 38.8 Å². The van der Waals surface area contributed by atoms with Crippen molar-refractivity contribution in [3.8, 4) is 28.1 Å². The molecule has 0 saturated heterocycles. The van der Waals surface area contributed by atoms with E-state index < -0.39 is 12.1 Å². The summed E-state index contributed by atoms with van der Waals surface area (Å²) < 4.78 is 11.2. The molecule has 4 aromatic carbocycles. The van der Waals surface area contributed by atoms with Crippen molar-refractivity contribution >= 4 is 46.1 Å². The number of imidazole rings is 2. The lowest BCUT2D eigenvalue weighted by atomic mass is 9.92. The van der Waals surface area contributed by atoms with Gasteiger partial charge >= 0.3 is 6.09 Å². The van der Waals surface area contributed by atoms with E-state index in [0.29, 0.717) is 56.3 Å². The van der Waals surface area contributed by atoms with E-state index in [1.165, 1.54) is 7.11 Å². The summed E-state index contributed by atoms with van der Waals surface area (Å²) >= 11 is 0. The van der Waals surface area contributed by atoms with Crippen molar-refractivity contribution in [3.05, 3.63) is 102 Å². The highest BCUT2D eigenvalue weighted by Gasteiger charge is 2.29. The van der Waals surface area contributed by atoms with Gasteiger partial charge in [0.25, 0.3) is 0 Å². The normalized spacial score (nSPS) is 12.3. The second kappa shape index (κ2) is 16.8. The van der Waals surface area contributed by atoms with E-state index in [9.17, 15) is 19.2 Å². The Balaban J connectivity index is 1.12. The molecule has 14 heteroatoms. The number of hydrogen-bond donors (Lipinski definition) is 4. The number of alkyl carbamates (subject to hydrolysis) is 1. The molecule has 4 N–H and O–H groups in total. The van der Waals surface area contributed by atoms with Crippen molar-refractivity contribution in [2.75, 3.05) is 26.7 Å². The van der Waals surface area contributed by atoms with Crippen LogP contribution in [0.2, 0.25) is 0 Å². The first-order valence-electron chi connectivity index (χ1n) is 18.7. The number of carbonyl (C=O) groups is 4. The molecule has 7 rings (SSSR count). The lowest BCUT2D eigenvalue weighted by molar-refractivity contribution is -0.134. The minimum Gasteiger partial charge on any atom is -0.488 e. The minimum atomic E-state index is -0.920. The Morgan fingerprint density at radius 1 is 0.929 bits per heavy atom. The van der Waals surface area contributed by atoms with Crippen LogP contribution in [0.15, 0.2) is 79.0 Å².